The number of amides is 1. The van der Waals surface area contributed by atoms with E-state index >= 15 is 0 Å². The van der Waals surface area contributed by atoms with Crippen molar-refractivity contribution in [1.82, 2.24) is 5.32 Å². The zero-order chi connectivity index (χ0) is 11.7. The Morgan fingerprint density at radius 1 is 1.40 bits per heavy atom. The second-order valence-electron chi connectivity index (χ2n) is 4.51. The number of alkyl carbamates (subject to hydrolysis) is 1. The fraction of sp³-hybridized carbons (Fsp3) is 0.778. The minimum Gasteiger partial charge on any atom is -0.479 e. The highest BCUT2D eigenvalue weighted by atomic mass is 32.2. The van der Waals surface area contributed by atoms with E-state index in [-0.39, 0.29) is 0 Å². The van der Waals surface area contributed by atoms with Crippen LogP contribution in [0.3, 0.4) is 0 Å². The molecular weight excluding hydrogens is 218 g/mol. The maximum Gasteiger partial charge on any atom is 0.408 e. The van der Waals surface area contributed by atoms with Gasteiger partial charge in [-0.05, 0) is 20.8 Å². The van der Waals surface area contributed by atoms with E-state index in [0.29, 0.717) is 11.5 Å². The highest BCUT2D eigenvalue weighted by Crippen LogP contribution is 2.30. The van der Waals surface area contributed by atoms with Crippen molar-refractivity contribution in [3.63, 3.8) is 0 Å². The van der Waals surface area contributed by atoms with Crippen molar-refractivity contribution in [1.29, 1.82) is 0 Å². The molecule has 1 saturated heterocycles. The van der Waals surface area contributed by atoms with Gasteiger partial charge in [0.1, 0.15) is 5.60 Å². The number of carboxylic acids is 1. The zero-order valence-corrected chi connectivity index (χ0v) is 9.81. The normalized spacial score (nSPS) is 18.9. The Hall–Kier alpha value is -0.910. The van der Waals surface area contributed by atoms with Crippen molar-refractivity contribution in [2.24, 2.45) is 0 Å². The number of carbonyl (C=O) groups is 2. The van der Waals surface area contributed by atoms with Crippen LogP contribution in [0, 0.1) is 0 Å². The summed E-state index contributed by atoms with van der Waals surface area (Å²) in [6.07, 6.45) is -0.676. The first kappa shape index (κ1) is 12.2. The van der Waals surface area contributed by atoms with Gasteiger partial charge in [0, 0.05) is 11.5 Å². The summed E-state index contributed by atoms with van der Waals surface area (Å²) in [7, 11) is 0. The molecule has 1 fully saturated rings. The van der Waals surface area contributed by atoms with E-state index in [1.165, 1.54) is 11.8 Å². The molecule has 1 aliphatic heterocycles. The Balaban J connectivity index is 2.54. The van der Waals surface area contributed by atoms with E-state index in [4.69, 9.17) is 9.84 Å². The molecule has 1 heterocycles. The van der Waals surface area contributed by atoms with Gasteiger partial charge in [-0.3, -0.25) is 0 Å². The average Bonchev–Trinajstić information content (AvgIpc) is 1.92. The number of aliphatic carboxylic acids is 1. The molecule has 0 spiro atoms. The van der Waals surface area contributed by atoms with E-state index in [1.807, 2.05) is 0 Å². The van der Waals surface area contributed by atoms with E-state index in [2.05, 4.69) is 5.32 Å². The van der Waals surface area contributed by atoms with E-state index in [0.717, 1.165) is 0 Å². The quantitative estimate of drug-likeness (QED) is 0.746. The van der Waals surface area contributed by atoms with Crippen LogP contribution in [0.25, 0.3) is 0 Å². The van der Waals surface area contributed by atoms with Crippen molar-refractivity contribution in [2.45, 2.75) is 31.9 Å². The number of nitrogens with one attached hydrogen (secondary N) is 1. The first-order chi connectivity index (χ1) is 6.75. The lowest BCUT2D eigenvalue weighted by Crippen LogP contribution is -2.63. The molecule has 0 saturated carbocycles. The highest BCUT2D eigenvalue weighted by molar-refractivity contribution is 8.01. The van der Waals surface area contributed by atoms with Gasteiger partial charge in [0.2, 0.25) is 0 Å². The van der Waals surface area contributed by atoms with Gasteiger partial charge < -0.3 is 15.2 Å². The monoisotopic (exact) mass is 233 g/mol. The van der Waals surface area contributed by atoms with Crippen LogP contribution < -0.4 is 5.32 Å². The molecule has 5 nitrogen and oxygen atoms in total. The third-order valence-electron chi connectivity index (χ3n) is 1.85. The van der Waals surface area contributed by atoms with Crippen LogP contribution in [0.4, 0.5) is 4.79 Å². The van der Waals surface area contributed by atoms with Crippen molar-refractivity contribution in [2.75, 3.05) is 11.5 Å². The largest absolute Gasteiger partial charge is 0.479 e. The molecule has 0 aliphatic carbocycles. The summed E-state index contributed by atoms with van der Waals surface area (Å²) in [5.74, 6) is -0.226. The summed E-state index contributed by atoms with van der Waals surface area (Å²) in [5.41, 5.74) is -1.74. The maximum atomic E-state index is 11.4. The molecule has 2 N–H and O–H groups in total. The van der Waals surface area contributed by atoms with Crippen LogP contribution in [0.5, 0.6) is 0 Å². The summed E-state index contributed by atoms with van der Waals surface area (Å²) in [6.45, 7) is 5.20. The Morgan fingerprint density at radius 2 is 1.93 bits per heavy atom. The van der Waals surface area contributed by atoms with Gasteiger partial charge in [-0.1, -0.05) is 0 Å². The van der Waals surface area contributed by atoms with Crippen molar-refractivity contribution in [3.8, 4) is 0 Å². The lowest BCUT2D eigenvalue weighted by atomic mass is 10.1. The topological polar surface area (TPSA) is 75.6 Å². The number of rotatable bonds is 2. The van der Waals surface area contributed by atoms with Gasteiger partial charge in [0.05, 0.1) is 0 Å². The Morgan fingerprint density at radius 3 is 2.20 bits per heavy atom. The van der Waals surface area contributed by atoms with Crippen LogP contribution in [-0.2, 0) is 9.53 Å². The van der Waals surface area contributed by atoms with Crippen LogP contribution in [0.1, 0.15) is 20.8 Å². The second kappa shape index (κ2) is 3.92. The summed E-state index contributed by atoms with van der Waals surface area (Å²) < 4.78 is 5.00. The third-order valence-corrected chi connectivity index (χ3v) is 3.24. The second-order valence-corrected chi connectivity index (χ2v) is 5.49. The molecule has 86 valence electrons. The van der Waals surface area contributed by atoms with Gasteiger partial charge >= 0.3 is 12.1 Å². The van der Waals surface area contributed by atoms with Gasteiger partial charge in [0.25, 0.3) is 0 Å². The number of thioether (sulfide) groups is 1. The number of carbonyl (C=O) groups excluding carboxylic acids is 1. The van der Waals surface area contributed by atoms with Crippen molar-refractivity contribution in [3.05, 3.63) is 0 Å². The summed E-state index contributed by atoms with van der Waals surface area (Å²) in [6, 6.07) is 0. The minimum atomic E-state index is -1.13. The molecule has 0 unspecified atom stereocenters. The van der Waals surface area contributed by atoms with Crippen LogP contribution >= 0.6 is 11.8 Å². The molecule has 1 amide bonds. The molecule has 0 aromatic heterocycles. The molecule has 1 aliphatic rings. The molecule has 0 atom stereocenters. The maximum absolute atomic E-state index is 11.4. The van der Waals surface area contributed by atoms with Crippen LogP contribution in [-0.4, -0.2) is 39.8 Å². The fourth-order valence-corrected chi connectivity index (χ4v) is 2.06. The Labute approximate surface area is 92.6 Å². The van der Waals surface area contributed by atoms with Gasteiger partial charge in [-0.15, -0.1) is 0 Å². The predicted octanol–water partition coefficient (Wildman–Crippen LogP) is 1.08. The summed E-state index contributed by atoms with van der Waals surface area (Å²) in [4.78, 5) is 22.3. The molecule has 0 radical (unpaired) electrons. The standard InChI is InChI=1S/C9H15NO4S/c1-8(2,3)14-7(13)10-9(6(11)12)4-15-5-9/h4-5H2,1-3H3,(H,10,13)(H,11,12). The van der Waals surface area contributed by atoms with Crippen LogP contribution in [0.15, 0.2) is 0 Å². The number of hydrogen-bond donors (Lipinski definition) is 2. The van der Waals surface area contributed by atoms with E-state index in [1.54, 1.807) is 20.8 Å². The van der Waals surface area contributed by atoms with E-state index < -0.39 is 23.2 Å². The first-order valence-corrected chi connectivity index (χ1v) is 5.73. The number of ether oxygens (including phenoxy) is 1. The average molecular weight is 233 g/mol. The molecule has 0 bridgehead atoms. The van der Waals surface area contributed by atoms with Crippen molar-refractivity contribution >= 4 is 23.8 Å². The molecule has 6 heteroatoms. The third kappa shape index (κ3) is 3.02. The summed E-state index contributed by atoms with van der Waals surface area (Å²) in [5, 5.41) is 11.4. The van der Waals surface area contributed by atoms with Gasteiger partial charge in [-0.25, -0.2) is 9.59 Å². The van der Waals surface area contributed by atoms with Crippen LogP contribution in [0.2, 0.25) is 0 Å². The first-order valence-electron chi connectivity index (χ1n) is 4.57. The number of carboxylic acid groups (broad SMARTS) is 1. The minimum absolute atomic E-state index is 0.390. The molecule has 0 aromatic rings. The zero-order valence-electron chi connectivity index (χ0n) is 8.99. The number of hydrogen-bond acceptors (Lipinski definition) is 4. The molecule has 0 aromatic carbocycles. The molecular formula is C9H15NO4S. The fourth-order valence-electron chi connectivity index (χ4n) is 1.05. The van der Waals surface area contributed by atoms with Crippen molar-refractivity contribution < 1.29 is 19.4 Å². The predicted molar refractivity (Wildman–Crippen MR) is 57.1 cm³/mol. The molecule has 15 heavy (non-hydrogen) atoms. The Bertz CT molecular complexity index is 280. The lowest BCUT2D eigenvalue weighted by molar-refractivity contribution is -0.143. The summed E-state index contributed by atoms with van der Waals surface area (Å²) >= 11 is 1.48. The van der Waals surface area contributed by atoms with E-state index in [9.17, 15) is 9.59 Å². The molecule has 1 rings (SSSR count). The smallest absolute Gasteiger partial charge is 0.408 e. The highest BCUT2D eigenvalue weighted by Gasteiger charge is 2.47. The SMILES string of the molecule is CC(C)(C)OC(=O)NC1(C(=O)O)CSC1. The van der Waals surface area contributed by atoms with Gasteiger partial charge in [0.15, 0.2) is 5.54 Å². The van der Waals surface area contributed by atoms with Gasteiger partial charge in [-0.2, -0.15) is 11.8 Å². The Kier molecular flexibility index (Phi) is 3.18. The lowest BCUT2D eigenvalue weighted by Gasteiger charge is -2.37.